The van der Waals surface area contributed by atoms with Gasteiger partial charge in [0.25, 0.3) is 5.91 Å². The Balaban J connectivity index is 2.22. The molecule has 1 unspecified atom stereocenters. The second kappa shape index (κ2) is 5.70. The molecule has 0 aliphatic heterocycles. The van der Waals surface area contributed by atoms with Crippen LogP contribution in [0.15, 0.2) is 60.7 Å². The van der Waals surface area contributed by atoms with Gasteiger partial charge in [0.2, 0.25) is 0 Å². The molecule has 1 N–H and O–H groups in total. The van der Waals surface area contributed by atoms with Crippen LogP contribution in [0.1, 0.15) is 36.2 Å². The molecule has 98 valence electrons. The van der Waals surface area contributed by atoms with E-state index >= 15 is 0 Å². The monoisotopic (exact) mass is 253 g/mol. The molecule has 2 heteroatoms. The van der Waals surface area contributed by atoms with Gasteiger partial charge in [0.05, 0.1) is 5.54 Å². The van der Waals surface area contributed by atoms with E-state index in [1.165, 1.54) is 0 Å². The first kappa shape index (κ1) is 13.3. The van der Waals surface area contributed by atoms with E-state index in [4.69, 9.17) is 0 Å². The van der Waals surface area contributed by atoms with Gasteiger partial charge in [-0.25, -0.2) is 0 Å². The summed E-state index contributed by atoms with van der Waals surface area (Å²) in [5, 5.41) is 3.14. The lowest BCUT2D eigenvalue weighted by atomic mass is 9.89. The van der Waals surface area contributed by atoms with Gasteiger partial charge in [-0.2, -0.15) is 0 Å². The van der Waals surface area contributed by atoms with Crippen molar-refractivity contribution in [3.05, 3.63) is 71.8 Å². The second-order valence-electron chi connectivity index (χ2n) is 4.87. The van der Waals surface area contributed by atoms with Crippen LogP contribution in [0.5, 0.6) is 0 Å². The summed E-state index contributed by atoms with van der Waals surface area (Å²) in [6.45, 7) is 4.14. The number of amides is 1. The van der Waals surface area contributed by atoms with E-state index in [9.17, 15) is 4.79 Å². The molecule has 1 amide bonds. The molecular weight excluding hydrogens is 234 g/mol. The highest BCUT2D eigenvalue weighted by molar-refractivity contribution is 5.94. The van der Waals surface area contributed by atoms with Gasteiger partial charge in [-0.15, -0.1) is 0 Å². The molecule has 2 nitrogen and oxygen atoms in total. The first-order valence-corrected chi connectivity index (χ1v) is 6.59. The van der Waals surface area contributed by atoms with E-state index in [0.717, 1.165) is 12.0 Å². The fourth-order valence-electron chi connectivity index (χ4n) is 2.08. The zero-order valence-corrected chi connectivity index (χ0v) is 11.4. The zero-order valence-electron chi connectivity index (χ0n) is 11.4. The molecule has 0 saturated heterocycles. The van der Waals surface area contributed by atoms with Crippen molar-refractivity contribution in [1.29, 1.82) is 0 Å². The maximum Gasteiger partial charge on any atom is 0.251 e. The maximum absolute atomic E-state index is 12.3. The van der Waals surface area contributed by atoms with Gasteiger partial charge >= 0.3 is 0 Å². The van der Waals surface area contributed by atoms with Crippen molar-refractivity contribution in [2.45, 2.75) is 25.8 Å². The molecule has 0 aromatic heterocycles. The summed E-state index contributed by atoms with van der Waals surface area (Å²) in [6.07, 6.45) is 0.843. The minimum Gasteiger partial charge on any atom is -0.343 e. The number of nitrogens with one attached hydrogen (secondary N) is 1. The summed E-state index contributed by atoms with van der Waals surface area (Å²) >= 11 is 0. The van der Waals surface area contributed by atoms with Crippen molar-refractivity contribution < 1.29 is 4.79 Å². The molecule has 2 aromatic rings. The Labute approximate surface area is 114 Å². The van der Waals surface area contributed by atoms with E-state index in [-0.39, 0.29) is 11.4 Å². The molecule has 0 aliphatic carbocycles. The third-order valence-electron chi connectivity index (χ3n) is 3.54. The highest BCUT2D eigenvalue weighted by Gasteiger charge is 2.26. The highest BCUT2D eigenvalue weighted by Crippen LogP contribution is 2.24. The summed E-state index contributed by atoms with van der Waals surface area (Å²) in [5.74, 6) is -0.0335. The first-order valence-electron chi connectivity index (χ1n) is 6.59. The van der Waals surface area contributed by atoms with E-state index in [1.54, 1.807) is 0 Å². The molecule has 0 radical (unpaired) electrons. The quantitative estimate of drug-likeness (QED) is 0.883. The molecule has 0 heterocycles. The smallest absolute Gasteiger partial charge is 0.251 e. The fraction of sp³-hybridized carbons (Fsp3) is 0.235. The predicted octanol–water partition coefficient (Wildman–Crippen LogP) is 3.74. The Kier molecular flexibility index (Phi) is 4.00. The maximum atomic E-state index is 12.3. The topological polar surface area (TPSA) is 29.1 Å². The number of benzene rings is 2. The predicted molar refractivity (Wildman–Crippen MR) is 78.0 cm³/mol. The van der Waals surface area contributed by atoms with E-state index < -0.39 is 0 Å². The van der Waals surface area contributed by atoms with Gasteiger partial charge in [-0.05, 0) is 31.0 Å². The zero-order chi connectivity index (χ0) is 13.7. The van der Waals surface area contributed by atoms with Gasteiger partial charge < -0.3 is 5.32 Å². The van der Waals surface area contributed by atoms with Gasteiger partial charge in [0.1, 0.15) is 0 Å². The molecule has 19 heavy (non-hydrogen) atoms. The van der Waals surface area contributed by atoms with E-state index in [1.807, 2.05) is 48.5 Å². The third kappa shape index (κ3) is 3.02. The minimum absolute atomic E-state index is 0.0335. The van der Waals surface area contributed by atoms with Gasteiger partial charge in [0, 0.05) is 5.56 Å². The number of carbonyl (C=O) groups excluding carboxylic acids is 1. The molecular formula is C17H19NO. The Morgan fingerprint density at radius 3 is 2.05 bits per heavy atom. The van der Waals surface area contributed by atoms with Gasteiger partial charge in [-0.3, -0.25) is 4.79 Å². The Hall–Kier alpha value is -2.09. The standard InChI is InChI=1S/C17H19NO/c1-3-17(2,15-12-8-5-9-13-15)18-16(19)14-10-6-4-7-11-14/h4-13H,3H2,1-2H3,(H,18,19). The normalized spacial score (nSPS) is 13.6. The van der Waals surface area contributed by atoms with Gasteiger partial charge in [0.15, 0.2) is 0 Å². The van der Waals surface area contributed by atoms with Gasteiger partial charge in [-0.1, -0.05) is 55.5 Å². The second-order valence-corrected chi connectivity index (χ2v) is 4.87. The van der Waals surface area contributed by atoms with Crippen molar-refractivity contribution in [3.63, 3.8) is 0 Å². The third-order valence-corrected chi connectivity index (χ3v) is 3.54. The number of rotatable bonds is 4. The molecule has 0 fully saturated rings. The van der Waals surface area contributed by atoms with Crippen molar-refractivity contribution in [2.75, 3.05) is 0 Å². The summed E-state index contributed by atoms with van der Waals surface area (Å²) < 4.78 is 0. The minimum atomic E-state index is -0.339. The average molecular weight is 253 g/mol. The fourth-order valence-corrected chi connectivity index (χ4v) is 2.08. The summed E-state index contributed by atoms with van der Waals surface area (Å²) in [7, 11) is 0. The van der Waals surface area contributed by atoms with Crippen LogP contribution in [0.3, 0.4) is 0 Å². The molecule has 2 aromatic carbocycles. The number of hydrogen-bond donors (Lipinski definition) is 1. The molecule has 2 rings (SSSR count). The molecule has 0 bridgehead atoms. The molecule has 0 saturated carbocycles. The number of hydrogen-bond acceptors (Lipinski definition) is 1. The van der Waals surface area contributed by atoms with Crippen LogP contribution in [0.25, 0.3) is 0 Å². The van der Waals surface area contributed by atoms with Crippen LogP contribution >= 0.6 is 0 Å². The summed E-state index contributed by atoms with van der Waals surface area (Å²) in [4.78, 5) is 12.3. The highest BCUT2D eigenvalue weighted by atomic mass is 16.1. The largest absolute Gasteiger partial charge is 0.343 e. The van der Waals surface area contributed by atoms with Crippen LogP contribution in [0, 0.1) is 0 Å². The van der Waals surface area contributed by atoms with E-state index in [0.29, 0.717) is 5.56 Å². The SMILES string of the molecule is CCC(C)(NC(=O)c1ccccc1)c1ccccc1. The lowest BCUT2D eigenvalue weighted by molar-refractivity contribution is 0.0902. The van der Waals surface area contributed by atoms with Crippen molar-refractivity contribution in [1.82, 2.24) is 5.32 Å². The van der Waals surface area contributed by atoms with Crippen molar-refractivity contribution >= 4 is 5.91 Å². The van der Waals surface area contributed by atoms with Crippen LogP contribution in [-0.4, -0.2) is 5.91 Å². The number of carbonyl (C=O) groups is 1. The molecule has 0 spiro atoms. The van der Waals surface area contributed by atoms with Crippen LogP contribution in [-0.2, 0) is 5.54 Å². The van der Waals surface area contributed by atoms with Crippen LogP contribution < -0.4 is 5.32 Å². The Morgan fingerprint density at radius 2 is 1.53 bits per heavy atom. The lowest BCUT2D eigenvalue weighted by Crippen LogP contribution is -2.43. The Bertz CT molecular complexity index is 536. The Morgan fingerprint density at radius 1 is 1.00 bits per heavy atom. The summed E-state index contributed by atoms with van der Waals surface area (Å²) in [6, 6.07) is 19.4. The average Bonchev–Trinajstić information content (AvgIpc) is 2.49. The summed E-state index contributed by atoms with van der Waals surface area (Å²) in [5.41, 5.74) is 1.48. The lowest BCUT2D eigenvalue weighted by Gasteiger charge is -2.30. The van der Waals surface area contributed by atoms with Crippen LogP contribution in [0.4, 0.5) is 0 Å². The molecule has 0 aliphatic rings. The van der Waals surface area contributed by atoms with E-state index in [2.05, 4.69) is 31.3 Å². The van der Waals surface area contributed by atoms with Crippen molar-refractivity contribution in [3.8, 4) is 0 Å². The first-order chi connectivity index (χ1) is 9.15. The molecule has 1 atom stereocenters. The van der Waals surface area contributed by atoms with Crippen LogP contribution in [0.2, 0.25) is 0 Å². The van der Waals surface area contributed by atoms with Crippen molar-refractivity contribution in [2.24, 2.45) is 0 Å².